The Morgan fingerprint density at radius 3 is 2.55 bits per heavy atom. The maximum Gasteiger partial charge on any atom is 0.331 e. The SMILES string of the molecule is CCCC(C)(NC(=O)COc1cc(C)ccc1C)C(=O)OC. The molecule has 1 atom stereocenters. The molecule has 0 heterocycles. The molecule has 0 bridgehead atoms. The molecule has 1 aromatic carbocycles. The molecule has 1 amide bonds. The van der Waals surface area contributed by atoms with Crippen LogP contribution in [-0.2, 0) is 14.3 Å². The van der Waals surface area contributed by atoms with Crippen molar-refractivity contribution in [3.8, 4) is 5.75 Å². The number of methoxy groups -OCH3 is 1. The fourth-order valence-corrected chi connectivity index (χ4v) is 2.29. The summed E-state index contributed by atoms with van der Waals surface area (Å²) in [6.07, 6.45) is 1.26. The zero-order chi connectivity index (χ0) is 16.8. The van der Waals surface area contributed by atoms with Gasteiger partial charge in [-0.25, -0.2) is 4.79 Å². The van der Waals surface area contributed by atoms with Gasteiger partial charge in [0, 0.05) is 0 Å². The van der Waals surface area contributed by atoms with Gasteiger partial charge in [-0.1, -0.05) is 25.5 Å². The molecule has 122 valence electrons. The van der Waals surface area contributed by atoms with Gasteiger partial charge in [-0.05, 0) is 44.4 Å². The van der Waals surface area contributed by atoms with Gasteiger partial charge in [0.2, 0.25) is 0 Å². The molecule has 0 aliphatic rings. The minimum absolute atomic E-state index is 0.138. The molecule has 1 rings (SSSR count). The summed E-state index contributed by atoms with van der Waals surface area (Å²) in [5.74, 6) is -0.123. The van der Waals surface area contributed by atoms with Crippen LogP contribution < -0.4 is 10.1 Å². The van der Waals surface area contributed by atoms with E-state index in [4.69, 9.17) is 9.47 Å². The molecule has 1 unspecified atom stereocenters. The largest absolute Gasteiger partial charge is 0.483 e. The summed E-state index contributed by atoms with van der Waals surface area (Å²) in [4.78, 5) is 23.9. The number of esters is 1. The highest BCUT2D eigenvalue weighted by Crippen LogP contribution is 2.19. The van der Waals surface area contributed by atoms with E-state index in [1.54, 1.807) is 6.92 Å². The summed E-state index contributed by atoms with van der Waals surface area (Å²) < 4.78 is 10.3. The highest BCUT2D eigenvalue weighted by Gasteiger charge is 2.35. The minimum atomic E-state index is -1.02. The van der Waals surface area contributed by atoms with E-state index in [0.717, 1.165) is 17.5 Å². The lowest BCUT2D eigenvalue weighted by molar-refractivity contribution is -0.150. The van der Waals surface area contributed by atoms with Gasteiger partial charge in [0.15, 0.2) is 6.61 Å². The number of carbonyl (C=O) groups is 2. The molecule has 0 aromatic heterocycles. The fourth-order valence-electron chi connectivity index (χ4n) is 2.29. The Kier molecular flexibility index (Phi) is 6.40. The first-order valence-corrected chi connectivity index (χ1v) is 7.42. The van der Waals surface area contributed by atoms with E-state index in [1.165, 1.54) is 7.11 Å². The number of amides is 1. The van der Waals surface area contributed by atoms with Crippen LogP contribution in [0.15, 0.2) is 18.2 Å². The lowest BCUT2D eigenvalue weighted by Gasteiger charge is -2.27. The first-order chi connectivity index (χ1) is 10.3. The zero-order valence-corrected chi connectivity index (χ0v) is 14.0. The molecule has 5 heteroatoms. The predicted molar refractivity (Wildman–Crippen MR) is 84.9 cm³/mol. The van der Waals surface area contributed by atoms with Gasteiger partial charge >= 0.3 is 5.97 Å². The van der Waals surface area contributed by atoms with Crippen LogP contribution in [0.5, 0.6) is 5.75 Å². The average molecular weight is 307 g/mol. The first-order valence-electron chi connectivity index (χ1n) is 7.42. The van der Waals surface area contributed by atoms with Crippen molar-refractivity contribution in [1.29, 1.82) is 0 Å². The van der Waals surface area contributed by atoms with Gasteiger partial charge in [-0.2, -0.15) is 0 Å². The second-order valence-electron chi connectivity index (χ2n) is 5.68. The number of benzene rings is 1. The van der Waals surface area contributed by atoms with Crippen molar-refractivity contribution in [2.75, 3.05) is 13.7 Å². The fraction of sp³-hybridized carbons (Fsp3) is 0.529. The number of carbonyl (C=O) groups excluding carboxylic acids is 2. The Bertz CT molecular complexity index is 541. The van der Waals surface area contributed by atoms with E-state index in [1.807, 2.05) is 39.0 Å². The lowest BCUT2D eigenvalue weighted by Crippen LogP contribution is -2.53. The van der Waals surface area contributed by atoms with Crippen molar-refractivity contribution in [2.45, 2.75) is 46.1 Å². The van der Waals surface area contributed by atoms with Crippen LogP contribution in [-0.4, -0.2) is 31.1 Å². The average Bonchev–Trinajstić information content (AvgIpc) is 2.47. The van der Waals surface area contributed by atoms with Crippen LogP contribution in [0.2, 0.25) is 0 Å². The van der Waals surface area contributed by atoms with Gasteiger partial charge in [0.05, 0.1) is 7.11 Å². The Labute approximate surface area is 132 Å². The smallest absolute Gasteiger partial charge is 0.331 e. The maximum absolute atomic E-state index is 12.1. The summed E-state index contributed by atoms with van der Waals surface area (Å²) in [7, 11) is 1.31. The standard InChI is InChI=1S/C17H25NO4/c1-6-9-17(4,16(20)21-5)18-15(19)11-22-14-10-12(2)7-8-13(14)3/h7-8,10H,6,9,11H2,1-5H3,(H,18,19). The van der Waals surface area contributed by atoms with Gasteiger partial charge in [0.25, 0.3) is 5.91 Å². The summed E-state index contributed by atoms with van der Waals surface area (Å²) in [5, 5.41) is 2.71. The normalized spacial score (nSPS) is 13.1. The second kappa shape index (κ2) is 7.82. The first kappa shape index (κ1) is 18.0. The number of rotatable bonds is 7. The molecule has 0 saturated heterocycles. The number of aryl methyl sites for hydroxylation is 2. The monoisotopic (exact) mass is 307 g/mol. The molecular formula is C17H25NO4. The Balaban J connectivity index is 2.68. The third kappa shape index (κ3) is 4.76. The summed E-state index contributed by atoms with van der Waals surface area (Å²) in [5.41, 5.74) is 1.00. The van der Waals surface area contributed by atoms with Crippen LogP contribution in [0.25, 0.3) is 0 Å². The predicted octanol–water partition coefficient (Wildman–Crippen LogP) is 2.53. The molecule has 0 spiro atoms. The highest BCUT2D eigenvalue weighted by atomic mass is 16.5. The van der Waals surface area contributed by atoms with E-state index in [-0.39, 0.29) is 12.5 Å². The molecule has 1 aromatic rings. The molecule has 0 radical (unpaired) electrons. The van der Waals surface area contributed by atoms with Crippen molar-refractivity contribution in [3.63, 3.8) is 0 Å². The van der Waals surface area contributed by atoms with Gasteiger partial charge in [-0.3, -0.25) is 4.79 Å². The quantitative estimate of drug-likeness (QED) is 0.786. The van der Waals surface area contributed by atoms with Crippen molar-refractivity contribution < 1.29 is 19.1 Å². The second-order valence-corrected chi connectivity index (χ2v) is 5.68. The van der Waals surface area contributed by atoms with Crippen molar-refractivity contribution in [2.24, 2.45) is 0 Å². The van der Waals surface area contributed by atoms with Crippen LogP contribution >= 0.6 is 0 Å². The van der Waals surface area contributed by atoms with E-state index in [0.29, 0.717) is 12.2 Å². The maximum atomic E-state index is 12.1. The molecule has 1 N–H and O–H groups in total. The van der Waals surface area contributed by atoms with Crippen LogP contribution in [0, 0.1) is 13.8 Å². The Morgan fingerprint density at radius 2 is 1.95 bits per heavy atom. The lowest BCUT2D eigenvalue weighted by atomic mass is 9.96. The molecule has 0 aliphatic heterocycles. The highest BCUT2D eigenvalue weighted by molar-refractivity contribution is 5.88. The number of ether oxygens (including phenoxy) is 2. The van der Waals surface area contributed by atoms with Crippen LogP contribution in [0.3, 0.4) is 0 Å². The Morgan fingerprint density at radius 1 is 1.27 bits per heavy atom. The van der Waals surface area contributed by atoms with Crippen molar-refractivity contribution in [3.05, 3.63) is 29.3 Å². The van der Waals surface area contributed by atoms with E-state index in [2.05, 4.69) is 5.32 Å². The summed E-state index contributed by atoms with van der Waals surface area (Å²) in [6, 6.07) is 5.81. The number of hydrogen-bond acceptors (Lipinski definition) is 4. The van der Waals surface area contributed by atoms with Crippen LogP contribution in [0.1, 0.15) is 37.8 Å². The number of nitrogens with one attached hydrogen (secondary N) is 1. The Hall–Kier alpha value is -2.04. The van der Waals surface area contributed by atoms with Crippen LogP contribution in [0.4, 0.5) is 0 Å². The van der Waals surface area contributed by atoms with Crippen molar-refractivity contribution in [1.82, 2.24) is 5.32 Å². The molecule has 22 heavy (non-hydrogen) atoms. The minimum Gasteiger partial charge on any atom is -0.483 e. The van der Waals surface area contributed by atoms with Gasteiger partial charge in [0.1, 0.15) is 11.3 Å². The van der Waals surface area contributed by atoms with Crippen molar-refractivity contribution >= 4 is 11.9 Å². The molecule has 0 saturated carbocycles. The summed E-state index contributed by atoms with van der Waals surface area (Å²) in [6.45, 7) is 7.35. The zero-order valence-electron chi connectivity index (χ0n) is 14.0. The van der Waals surface area contributed by atoms with E-state index in [9.17, 15) is 9.59 Å². The molecule has 0 fully saturated rings. The topological polar surface area (TPSA) is 64.6 Å². The van der Waals surface area contributed by atoms with E-state index >= 15 is 0 Å². The van der Waals surface area contributed by atoms with Gasteiger partial charge in [-0.15, -0.1) is 0 Å². The molecular weight excluding hydrogens is 282 g/mol. The third-order valence-corrected chi connectivity index (χ3v) is 3.50. The number of hydrogen-bond donors (Lipinski definition) is 1. The summed E-state index contributed by atoms with van der Waals surface area (Å²) >= 11 is 0. The molecule has 0 aliphatic carbocycles. The van der Waals surface area contributed by atoms with Gasteiger partial charge < -0.3 is 14.8 Å². The third-order valence-electron chi connectivity index (χ3n) is 3.50. The molecule has 5 nitrogen and oxygen atoms in total. The van der Waals surface area contributed by atoms with E-state index < -0.39 is 11.5 Å².